The second kappa shape index (κ2) is 7.00. The molecular formula is C14H28N2O. The average Bonchev–Trinajstić information content (AvgIpc) is 2.86. The molecule has 0 unspecified atom stereocenters. The molecule has 0 aliphatic heterocycles. The van der Waals surface area contributed by atoms with E-state index in [2.05, 4.69) is 19.2 Å². The molecule has 3 N–H and O–H groups in total. The van der Waals surface area contributed by atoms with Crippen LogP contribution < -0.4 is 11.1 Å². The Balaban J connectivity index is 2.16. The van der Waals surface area contributed by atoms with Crippen molar-refractivity contribution >= 4 is 5.91 Å². The van der Waals surface area contributed by atoms with Crippen molar-refractivity contribution in [2.75, 3.05) is 6.54 Å². The summed E-state index contributed by atoms with van der Waals surface area (Å²) in [6, 6.07) is 0. The third-order valence-corrected chi connectivity index (χ3v) is 4.30. The molecule has 1 aliphatic carbocycles. The number of hydrogen-bond acceptors (Lipinski definition) is 2. The maximum absolute atomic E-state index is 11.7. The molecule has 1 rings (SSSR count). The Morgan fingerprint density at radius 2 is 1.88 bits per heavy atom. The number of amides is 1. The highest BCUT2D eigenvalue weighted by molar-refractivity contribution is 5.75. The van der Waals surface area contributed by atoms with Gasteiger partial charge < -0.3 is 11.1 Å². The van der Waals surface area contributed by atoms with Crippen LogP contribution in [0.5, 0.6) is 0 Å². The fourth-order valence-corrected chi connectivity index (χ4v) is 2.50. The molecule has 0 saturated heterocycles. The van der Waals surface area contributed by atoms with E-state index in [1.54, 1.807) is 0 Å². The summed E-state index contributed by atoms with van der Waals surface area (Å²) >= 11 is 0. The molecule has 3 heteroatoms. The zero-order chi connectivity index (χ0) is 12.7. The van der Waals surface area contributed by atoms with Gasteiger partial charge in [0.05, 0.1) is 0 Å². The number of carbonyl (C=O) groups excluding carboxylic acids is 1. The molecule has 0 heterocycles. The summed E-state index contributed by atoms with van der Waals surface area (Å²) in [5, 5.41) is 2.99. The summed E-state index contributed by atoms with van der Waals surface area (Å²) in [7, 11) is 0. The third kappa shape index (κ3) is 5.07. The zero-order valence-corrected chi connectivity index (χ0v) is 11.4. The first-order valence-electron chi connectivity index (χ1n) is 7.15. The van der Waals surface area contributed by atoms with Gasteiger partial charge >= 0.3 is 0 Å². The first-order valence-corrected chi connectivity index (χ1v) is 7.15. The van der Waals surface area contributed by atoms with Crippen molar-refractivity contribution in [3.63, 3.8) is 0 Å². The Labute approximate surface area is 106 Å². The molecule has 0 aromatic carbocycles. The molecule has 1 aliphatic rings. The van der Waals surface area contributed by atoms with Crippen molar-refractivity contribution in [2.45, 2.75) is 70.8 Å². The first kappa shape index (κ1) is 14.5. The smallest absolute Gasteiger partial charge is 0.220 e. The van der Waals surface area contributed by atoms with Gasteiger partial charge in [-0.15, -0.1) is 0 Å². The van der Waals surface area contributed by atoms with Crippen molar-refractivity contribution in [1.29, 1.82) is 0 Å². The van der Waals surface area contributed by atoms with Gasteiger partial charge in [0.1, 0.15) is 0 Å². The lowest BCUT2D eigenvalue weighted by molar-refractivity contribution is -0.121. The van der Waals surface area contributed by atoms with Gasteiger partial charge in [-0.2, -0.15) is 0 Å². The quantitative estimate of drug-likeness (QED) is 0.718. The average molecular weight is 240 g/mol. The van der Waals surface area contributed by atoms with Crippen LogP contribution in [0.4, 0.5) is 0 Å². The molecule has 3 nitrogen and oxygen atoms in total. The second-order valence-corrected chi connectivity index (χ2v) is 5.54. The Kier molecular flexibility index (Phi) is 5.96. The molecule has 0 aromatic heterocycles. The lowest BCUT2D eigenvalue weighted by Crippen LogP contribution is -2.49. The molecule has 0 bridgehead atoms. The van der Waals surface area contributed by atoms with E-state index in [1.165, 1.54) is 25.7 Å². The van der Waals surface area contributed by atoms with Crippen molar-refractivity contribution in [3.8, 4) is 0 Å². The highest BCUT2D eigenvalue weighted by Gasteiger charge is 2.21. The van der Waals surface area contributed by atoms with Gasteiger partial charge in [0.25, 0.3) is 0 Å². The third-order valence-electron chi connectivity index (χ3n) is 4.30. The molecule has 1 fully saturated rings. The van der Waals surface area contributed by atoms with Crippen LogP contribution in [-0.4, -0.2) is 18.0 Å². The van der Waals surface area contributed by atoms with E-state index in [0.717, 1.165) is 25.2 Å². The van der Waals surface area contributed by atoms with Crippen molar-refractivity contribution in [3.05, 3.63) is 0 Å². The van der Waals surface area contributed by atoms with Crippen LogP contribution in [0.25, 0.3) is 0 Å². The highest BCUT2D eigenvalue weighted by Crippen LogP contribution is 2.28. The Bertz CT molecular complexity index is 230. The fourth-order valence-electron chi connectivity index (χ4n) is 2.50. The number of rotatable bonds is 7. The predicted octanol–water partition coefficient (Wildman–Crippen LogP) is 2.59. The van der Waals surface area contributed by atoms with Gasteiger partial charge in [-0.3, -0.25) is 4.79 Å². The molecule has 100 valence electrons. The van der Waals surface area contributed by atoms with Crippen molar-refractivity contribution in [1.82, 2.24) is 5.32 Å². The number of hydrogen-bond donors (Lipinski definition) is 2. The van der Waals surface area contributed by atoms with Gasteiger partial charge in [-0.25, -0.2) is 0 Å². The molecule has 0 aromatic rings. The minimum Gasteiger partial charge on any atom is -0.354 e. The van der Waals surface area contributed by atoms with Crippen LogP contribution in [-0.2, 0) is 4.79 Å². The Morgan fingerprint density at radius 3 is 2.41 bits per heavy atom. The van der Waals surface area contributed by atoms with E-state index in [-0.39, 0.29) is 11.4 Å². The SMILES string of the molecule is CCC(N)(CC)CNC(=O)CCC1CCCC1. The van der Waals surface area contributed by atoms with E-state index in [1.807, 2.05) is 0 Å². The summed E-state index contributed by atoms with van der Waals surface area (Å²) in [5.41, 5.74) is 5.93. The molecule has 1 amide bonds. The van der Waals surface area contributed by atoms with Gasteiger partial charge in [0.15, 0.2) is 0 Å². The van der Waals surface area contributed by atoms with E-state index >= 15 is 0 Å². The normalized spacial score (nSPS) is 17.4. The second-order valence-electron chi connectivity index (χ2n) is 5.54. The zero-order valence-electron chi connectivity index (χ0n) is 11.4. The van der Waals surface area contributed by atoms with E-state index < -0.39 is 0 Å². The van der Waals surface area contributed by atoms with E-state index in [0.29, 0.717) is 13.0 Å². The topological polar surface area (TPSA) is 55.1 Å². The lowest BCUT2D eigenvalue weighted by atomic mass is 9.94. The van der Waals surface area contributed by atoms with Crippen LogP contribution in [0.1, 0.15) is 65.2 Å². The maximum Gasteiger partial charge on any atom is 0.220 e. The molecule has 1 saturated carbocycles. The summed E-state index contributed by atoms with van der Waals surface area (Å²) < 4.78 is 0. The van der Waals surface area contributed by atoms with Crippen LogP contribution in [0.15, 0.2) is 0 Å². The molecule has 17 heavy (non-hydrogen) atoms. The lowest BCUT2D eigenvalue weighted by Gasteiger charge is -2.26. The molecule has 0 radical (unpaired) electrons. The largest absolute Gasteiger partial charge is 0.354 e. The molecular weight excluding hydrogens is 212 g/mol. The summed E-state index contributed by atoms with van der Waals surface area (Å²) in [5.74, 6) is 0.967. The number of nitrogens with one attached hydrogen (secondary N) is 1. The highest BCUT2D eigenvalue weighted by atomic mass is 16.1. The van der Waals surface area contributed by atoms with Crippen LogP contribution in [0.2, 0.25) is 0 Å². The number of nitrogens with two attached hydrogens (primary N) is 1. The van der Waals surface area contributed by atoms with Gasteiger partial charge in [-0.1, -0.05) is 39.5 Å². The predicted molar refractivity (Wildman–Crippen MR) is 71.7 cm³/mol. The summed E-state index contributed by atoms with van der Waals surface area (Å²) in [6.45, 7) is 4.77. The summed E-state index contributed by atoms with van der Waals surface area (Å²) in [4.78, 5) is 11.7. The monoisotopic (exact) mass is 240 g/mol. The standard InChI is InChI=1S/C14H28N2O/c1-3-14(15,4-2)11-16-13(17)10-9-12-7-5-6-8-12/h12H,3-11,15H2,1-2H3,(H,16,17). The van der Waals surface area contributed by atoms with Gasteiger partial charge in [0.2, 0.25) is 5.91 Å². The van der Waals surface area contributed by atoms with Crippen molar-refractivity contribution < 1.29 is 4.79 Å². The Morgan fingerprint density at radius 1 is 1.29 bits per heavy atom. The molecule has 0 atom stereocenters. The fraction of sp³-hybridized carbons (Fsp3) is 0.929. The first-order chi connectivity index (χ1) is 8.09. The van der Waals surface area contributed by atoms with E-state index in [4.69, 9.17) is 5.73 Å². The van der Waals surface area contributed by atoms with Crippen molar-refractivity contribution in [2.24, 2.45) is 11.7 Å². The summed E-state index contributed by atoms with van der Waals surface area (Å²) in [6.07, 6.45) is 8.89. The van der Waals surface area contributed by atoms with E-state index in [9.17, 15) is 4.79 Å². The van der Waals surface area contributed by atoms with Crippen LogP contribution >= 0.6 is 0 Å². The van der Waals surface area contributed by atoms with Gasteiger partial charge in [-0.05, 0) is 25.2 Å². The van der Waals surface area contributed by atoms with Crippen LogP contribution in [0.3, 0.4) is 0 Å². The minimum absolute atomic E-state index is 0.175. The number of carbonyl (C=O) groups is 1. The van der Waals surface area contributed by atoms with Gasteiger partial charge in [0, 0.05) is 18.5 Å². The maximum atomic E-state index is 11.7. The molecule has 0 spiro atoms. The Hall–Kier alpha value is -0.570. The van der Waals surface area contributed by atoms with Crippen LogP contribution in [0, 0.1) is 5.92 Å². The minimum atomic E-state index is -0.219.